The number of rotatable bonds is 17. The number of carbonyl (C=O) groups is 3. The third-order valence-corrected chi connectivity index (χ3v) is 9.44. The Morgan fingerprint density at radius 2 is 1.67 bits per heavy atom. The first-order valence-electron chi connectivity index (χ1n) is 17.4. The summed E-state index contributed by atoms with van der Waals surface area (Å²) in [6, 6.07) is 13.4. The molecule has 5 N–H and O–H groups in total. The van der Waals surface area contributed by atoms with Crippen molar-refractivity contribution >= 4 is 17.6 Å². The SMILES string of the molecule is CC(C)(C)C(=O)CC(Cc1ccccc1)C(=O)NC(Cc1cnc[nH]1)C(=O)N[C@@H](CC1CCCCC1)[C@@H](O)[C@@H](O)CCc1ccccn1. The molecule has 2 heterocycles. The molecule has 0 spiro atoms. The van der Waals surface area contributed by atoms with Crippen LogP contribution in [0, 0.1) is 17.3 Å². The zero-order valence-electron chi connectivity index (χ0n) is 28.6. The van der Waals surface area contributed by atoms with Gasteiger partial charge in [0.1, 0.15) is 17.9 Å². The van der Waals surface area contributed by atoms with Crippen LogP contribution in [0.25, 0.3) is 0 Å². The van der Waals surface area contributed by atoms with E-state index in [1.807, 2.05) is 69.3 Å². The van der Waals surface area contributed by atoms with Gasteiger partial charge in [0.05, 0.1) is 18.5 Å². The number of aliphatic hydroxyl groups is 2. The Hall–Kier alpha value is -3.89. The topological polar surface area (TPSA) is 157 Å². The monoisotopic (exact) mass is 659 g/mol. The second-order valence-corrected chi connectivity index (χ2v) is 14.4. The number of aromatic amines is 1. The molecule has 0 saturated heterocycles. The number of amides is 2. The zero-order valence-corrected chi connectivity index (χ0v) is 28.6. The molecule has 260 valence electrons. The lowest BCUT2D eigenvalue weighted by Gasteiger charge is -2.33. The Bertz CT molecular complexity index is 1400. The lowest BCUT2D eigenvalue weighted by Crippen LogP contribution is -2.56. The molecular formula is C38H53N5O5. The van der Waals surface area contributed by atoms with Crippen molar-refractivity contribution in [2.24, 2.45) is 17.3 Å². The van der Waals surface area contributed by atoms with Crippen molar-refractivity contribution in [3.8, 4) is 0 Å². The molecule has 10 heteroatoms. The van der Waals surface area contributed by atoms with Crippen molar-refractivity contribution in [1.29, 1.82) is 0 Å². The molecule has 3 aromatic rings. The molecule has 0 bridgehead atoms. The normalized spacial score (nSPS) is 17.1. The van der Waals surface area contributed by atoms with Crippen LogP contribution >= 0.6 is 0 Å². The van der Waals surface area contributed by atoms with Crippen LogP contribution in [0.5, 0.6) is 0 Å². The maximum absolute atomic E-state index is 14.1. The predicted molar refractivity (Wildman–Crippen MR) is 185 cm³/mol. The maximum Gasteiger partial charge on any atom is 0.243 e. The first-order valence-corrected chi connectivity index (χ1v) is 17.4. The van der Waals surface area contributed by atoms with E-state index in [-0.39, 0.29) is 25.0 Å². The molecule has 48 heavy (non-hydrogen) atoms. The maximum atomic E-state index is 14.1. The van der Waals surface area contributed by atoms with E-state index in [9.17, 15) is 24.6 Å². The van der Waals surface area contributed by atoms with Gasteiger partial charge in [0.15, 0.2) is 0 Å². The van der Waals surface area contributed by atoms with Gasteiger partial charge < -0.3 is 25.8 Å². The first-order chi connectivity index (χ1) is 23.0. The van der Waals surface area contributed by atoms with Gasteiger partial charge in [-0.25, -0.2) is 4.98 Å². The van der Waals surface area contributed by atoms with E-state index in [0.717, 1.165) is 36.9 Å². The van der Waals surface area contributed by atoms with Gasteiger partial charge in [0.25, 0.3) is 0 Å². The van der Waals surface area contributed by atoms with Gasteiger partial charge in [0, 0.05) is 48.0 Å². The Balaban J connectivity index is 1.53. The minimum atomic E-state index is -1.21. The molecule has 1 aliphatic rings. The number of hydrogen-bond donors (Lipinski definition) is 5. The average molecular weight is 660 g/mol. The molecule has 1 fully saturated rings. The highest BCUT2D eigenvalue weighted by Crippen LogP contribution is 2.29. The molecule has 0 aliphatic heterocycles. The van der Waals surface area contributed by atoms with E-state index >= 15 is 0 Å². The Morgan fingerprint density at radius 3 is 2.31 bits per heavy atom. The van der Waals surface area contributed by atoms with E-state index in [4.69, 9.17) is 0 Å². The van der Waals surface area contributed by atoms with Crippen LogP contribution in [-0.2, 0) is 33.6 Å². The summed E-state index contributed by atoms with van der Waals surface area (Å²) < 4.78 is 0. The van der Waals surface area contributed by atoms with Crippen molar-refractivity contribution in [3.05, 3.63) is 84.2 Å². The summed E-state index contributed by atoms with van der Waals surface area (Å²) in [5, 5.41) is 28.5. The Labute approximate surface area is 284 Å². The number of aryl methyl sites for hydroxylation is 1. The Kier molecular flexibility index (Phi) is 13.9. The highest BCUT2D eigenvalue weighted by atomic mass is 16.3. The summed E-state index contributed by atoms with van der Waals surface area (Å²) in [7, 11) is 0. The lowest BCUT2D eigenvalue weighted by atomic mass is 9.82. The van der Waals surface area contributed by atoms with Crippen molar-refractivity contribution in [3.63, 3.8) is 0 Å². The van der Waals surface area contributed by atoms with Gasteiger partial charge >= 0.3 is 0 Å². The quantitative estimate of drug-likeness (QED) is 0.143. The fourth-order valence-electron chi connectivity index (χ4n) is 6.43. The summed E-state index contributed by atoms with van der Waals surface area (Å²) in [5.74, 6) is -1.27. The molecule has 0 radical (unpaired) electrons. The molecule has 1 saturated carbocycles. The van der Waals surface area contributed by atoms with Crippen molar-refractivity contribution < 1.29 is 24.6 Å². The van der Waals surface area contributed by atoms with Crippen LogP contribution in [0.1, 0.15) is 89.1 Å². The number of imidazole rings is 1. The smallest absolute Gasteiger partial charge is 0.243 e. The number of H-pyrrole nitrogens is 1. The number of nitrogens with one attached hydrogen (secondary N) is 3. The predicted octanol–water partition coefficient (Wildman–Crippen LogP) is 4.51. The van der Waals surface area contributed by atoms with Crippen LogP contribution < -0.4 is 10.6 Å². The van der Waals surface area contributed by atoms with E-state index in [2.05, 4.69) is 25.6 Å². The molecule has 2 unspecified atom stereocenters. The van der Waals surface area contributed by atoms with Gasteiger partial charge in [-0.3, -0.25) is 19.4 Å². The molecule has 2 aromatic heterocycles. The van der Waals surface area contributed by atoms with Crippen molar-refractivity contribution in [2.45, 2.75) is 116 Å². The van der Waals surface area contributed by atoms with Crippen molar-refractivity contribution in [1.82, 2.24) is 25.6 Å². The van der Waals surface area contributed by atoms with Gasteiger partial charge in [-0.1, -0.05) is 89.3 Å². The number of aromatic nitrogens is 3. The number of carbonyl (C=O) groups excluding carboxylic acids is 3. The van der Waals surface area contributed by atoms with Gasteiger partial charge in [-0.05, 0) is 49.3 Å². The number of Topliss-reactive ketones (excluding diaryl/α,β-unsaturated/α-hetero) is 1. The second kappa shape index (κ2) is 18.0. The van der Waals surface area contributed by atoms with Gasteiger partial charge in [0.2, 0.25) is 11.8 Å². The number of hydrogen-bond acceptors (Lipinski definition) is 7. The van der Waals surface area contributed by atoms with Crippen LogP contribution in [0.15, 0.2) is 67.3 Å². The first kappa shape index (κ1) is 36.9. The van der Waals surface area contributed by atoms with Gasteiger partial charge in [-0.15, -0.1) is 0 Å². The molecule has 4 rings (SSSR count). The zero-order chi connectivity index (χ0) is 34.5. The highest BCUT2D eigenvalue weighted by Gasteiger charge is 2.35. The van der Waals surface area contributed by atoms with Crippen LogP contribution in [0.2, 0.25) is 0 Å². The third kappa shape index (κ3) is 11.7. The molecule has 5 atom stereocenters. The summed E-state index contributed by atoms with van der Waals surface area (Å²) in [4.78, 5) is 52.6. The minimum Gasteiger partial charge on any atom is -0.390 e. The number of nitrogens with zero attached hydrogens (tertiary/aromatic N) is 2. The summed E-state index contributed by atoms with van der Waals surface area (Å²) in [6.45, 7) is 5.51. The third-order valence-electron chi connectivity index (χ3n) is 9.44. The minimum absolute atomic E-state index is 0.0358. The molecular weight excluding hydrogens is 606 g/mol. The van der Waals surface area contributed by atoms with Crippen LogP contribution in [0.3, 0.4) is 0 Å². The summed E-state index contributed by atoms with van der Waals surface area (Å²) in [5.41, 5.74) is 1.76. The van der Waals surface area contributed by atoms with Gasteiger partial charge in [-0.2, -0.15) is 0 Å². The number of ketones is 1. The standard InChI is InChI=1S/C38H53N5O5/c1-38(2,3)34(45)22-28(20-26-12-6-4-7-13-26)36(47)43-32(23-30-24-39-25-41-30)37(48)42-31(21-27-14-8-5-9-15-27)35(46)33(44)18-17-29-16-10-11-19-40-29/h4,6-7,10-13,16,19,24-25,27-28,31-33,35,44,46H,5,8-9,14-15,17-18,20-23H2,1-3H3,(H,39,41)(H,42,48)(H,43,47)/t28?,31-,32?,33-,35+/m0/s1. The number of aliphatic hydroxyl groups excluding tert-OH is 2. The molecule has 1 aliphatic carbocycles. The Morgan fingerprint density at radius 1 is 0.938 bits per heavy atom. The molecule has 1 aromatic carbocycles. The number of benzene rings is 1. The summed E-state index contributed by atoms with van der Waals surface area (Å²) in [6.07, 6.45) is 9.69. The summed E-state index contributed by atoms with van der Waals surface area (Å²) >= 11 is 0. The second-order valence-electron chi connectivity index (χ2n) is 14.4. The molecule has 10 nitrogen and oxygen atoms in total. The fraction of sp³-hybridized carbons (Fsp3) is 0.553. The lowest BCUT2D eigenvalue weighted by molar-refractivity contribution is -0.135. The van der Waals surface area contributed by atoms with E-state index < -0.39 is 47.4 Å². The van der Waals surface area contributed by atoms with E-state index in [1.165, 1.54) is 12.7 Å². The molecule has 2 amide bonds. The highest BCUT2D eigenvalue weighted by molar-refractivity contribution is 5.92. The number of pyridine rings is 1. The fourth-order valence-corrected chi connectivity index (χ4v) is 6.43. The van der Waals surface area contributed by atoms with Crippen LogP contribution in [-0.4, -0.2) is 67.1 Å². The van der Waals surface area contributed by atoms with E-state index in [0.29, 0.717) is 30.9 Å². The largest absolute Gasteiger partial charge is 0.390 e. The van der Waals surface area contributed by atoms with Crippen LogP contribution in [0.4, 0.5) is 0 Å². The average Bonchev–Trinajstić information content (AvgIpc) is 3.60. The van der Waals surface area contributed by atoms with E-state index in [1.54, 1.807) is 12.4 Å². The van der Waals surface area contributed by atoms with Crippen molar-refractivity contribution in [2.75, 3.05) is 0 Å².